The molecule has 3 aromatic rings. The quantitative estimate of drug-likeness (QED) is 0.387. The fourth-order valence-electron chi connectivity index (χ4n) is 3.65. The number of nitrogens with zero attached hydrogens (tertiary/aromatic N) is 2. The minimum absolute atomic E-state index is 0.0566. The van der Waals surface area contributed by atoms with Gasteiger partial charge in [-0.15, -0.1) is 0 Å². The summed E-state index contributed by atoms with van der Waals surface area (Å²) in [6, 6.07) is 14.7. The first-order valence-electron chi connectivity index (χ1n) is 9.57. The van der Waals surface area contributed by atoms with Crippen LogP contribution in [0.1, 0.15) is 22.7 Å². The summed E-state index contributed by atoms with van der Waals surface area (Å²) in [6.45, 7) is 0.129. The Kier molecular flexibility index (Phi) is 5.49. The van der Waals surface area contributed by atoms with Gasteiger partial charge in [-0.05, 0) is 47.5 Å². The summed E-state index contributed by atoms with van der Waals surface area (Å²) in [5.41, 5.74) is 1.57. The second-order valence-electron chi connectivity index (χ2n) is 7.07. The van der Waals surface area contributed by atoms with Crippen molar-refractivity contribution in [3.05, 3.63) is 101 Å². The molecule has 2 heterocycles. The molecule has 1 unspecified atom stereocenters. The molecule has 156 valence electrons. The average molecular weight is 418 g/mol. The zero-order valence-electron chi connectivity index (χ0n) is 16.7. The highest BCUT2D eigenvalue weighted by molar-refractivity contribution is 6.46. The molecular weight excluding hydrogens is 399 g/mol. The summed E-state index contributed by atoms with van der Waals surface area (Å²) >= 11 is 0. The van der Waals surface area contributed by atoms with Crippen LogP contribution in [0.5, 0.6) is 5.75 Å². The maximum absolute atomic E-state index is 13.5. The molecule has 0 spiro atoms. The van der Waals surface area contributed by atoms with E-state index in [0.717, 1.165) is 5.56 Å². The van der Waals surface area contributed by atoms with Gasteiger partial charge in [-0.1, -0.05) is 24.3 Å². The largest absolute Gasteiger partial charge is 0.507 e. The Hall–Kier alpha value is -4.00. The van der Waals surface area contributed by atoms with E-state index < -0.39 is 23.5 Å². The maximum atomic E-state index is 13.5. The molecule has 1 aliphatic heterocycles. The van der Waals surface area contributed by atoms with Crippen LogP contribution in [-0.2, 0) is 16.1 Å². The van der Waals surface area contributed by atoms with Crippen molar-refractivity contribution in [3.63, 3.8) is 0 Å². The number of pyridine rings is 1. The summed E-state index contributed by atoms with van der Waals surface area (Å²) in [5.74, 6) is -1.81. The molecule has 1 atom stereocenters. The van der Waals surface area contributed by atoms with Crippen LogP contribution in [0.4, 0.5) is 4.39 Å². The highest BCUT2D eigenvalue weighted by atomic mass is 19.1. The number of aliphatic hydroxyl groups is 1. The molecule has 0 aliphatic carbocycles. The monoisotopic (exact) mass is 418 g/mol. The molecule has 1 aliphatic rings. The first-order chi connectivity index (χ1) is 15.0. The van der Waals surface area contributed by atoms with Crippen molar-refractivity contribution in [1.82, 2.24) is 9.88 Å². The number of Topliss-reactive ketones (excluding diaryl/α,β-unsaturated/α-hetero) is 1. The smallest absolute Gasteiger partial charge is 0.295 e. The van der Waals surface area contributed by atoms with E-state index in [-0.39, 0.29) is 17.9 Å². The van der Waals surface area contributed by atoms with Gasteiger partial charge in [0.1, 0.15) is 17.3 Å². The standard InChI is InChI=1S/C24H19FN2O4/c1-31-19-4-2-3-17(13-19)22(28)20-21(16-5-7-18(25)8-6-16)27(24(30)23(20)29)14-15-9-11-26-12-10-15/h2-13,21,28H,14H2,1H3/b22-20+. The van der Waals surface area contributed by atoms with Gasteiger partial charge in [-0.25, -0.2) is 4.39 Å². The fraction of sp³-hybridized carbons (Fsp3) is 0.125. The van der Waals surface area contributed by atoms with Gasteiger partial charge >= 0.3 is 0 Å². The van der Waals surface area contributed by atoms with Crippen molar-refractivity contribution in [2.45, 2.75) is 12.6 Å². The van der Waals surface area contributed by atoms with Crippen molar-refractivity contribution in [2.75, 3.05) is 7.11 Å². The molecule has 31 heavy (non-hydrogen) atoms. The number of hydrogen-bond donors (Lipinski definition) is 1. The lowest BCUT2D eigenvalue weighted by Crippen LogP contribution is -2.29. The summed E-state index contributed by atoms with van der Waals surface area (Å²) in [5, 5.41) is 11.0. The van der Waals surface area contributed by atoms with E-state index in [9.17, 15) is 19.1 Å². The van der Waals surface area contributed by atoms with Crippen molar-refractivity contribution >= 4 is 17.4 Å². The van der Waals surface area contributed by atoms with Crippen molar-refractivity contribution in [3.8, 4) is 5.75 Å². The van der Waals surface area contributed by atoms with Crippen molar-refractivity contribution in [2.24, 2.45) is 0 Å². The van der Waals surface area contributed by atoms with Crippen molar-refractivity contribution in [1.29, 1.82) is 0 Å². The number of carbonyl (C=O) groups excluding carboxylic acids is 2. The minimum atomic E-state index is -0.875. The average Bonchev–Trinajstić information content (AvgIpc) is 3.05. The van der Waals surface area contributed by atoms with Crippen molar-refractivity contribution < 1.29 is 23.8 Å². The van der Waals surface area contributed by atoms with E-state index in [2.05, 4.69) is 4.98 Å². The highest BCUT2D eigenvalue weighted by Gasteiger charge is 2.46. The van der Waals surface area contributed by atoms with Crippen LogP contribution in [-0.4, -0.2) is 33.8 Å². The van der Waals surface area contributed by atoms with Gasteiger partial charge < -0.3 is 14.7 Å². The number of ketones is 1. The van der Waals surface area contributed by atoms with E-state index in [1.165, 1.54) is 36.3 Å². The van der Waals surface area contributed by atoms with Gasteiger partial charge in [0.15, 0.2) is 0 Å². The molecule has 1 N–H and O–H groups in total. The SMILES string of the molecule is COc1cccc(/C(O)=C2\C(=O)C(=O)N(Cc3ccncc3)C2c2ccc(F)cc2)c1. The van der Waals surface area contributed by atoms with Crippen LogP contribution in [0.2, 0.25) is 0 Å². The lowest BCUT2D eigenvalue weighted by molar-refractivity contribution is -0.140. The molecule has 4 rings (SSSR count). The number of ether oxygens (including phenoxy) is 1. The van der Waals surface area contributed by atoms with E-state index in [4.69, 9.17) is 4.74 Å². The third-order valence-electron chi connectivity index (χ3n) is 5.17. The molecule has 1 aromatic heterocycles. The van der Waals surface area contributed by atoms with Crippen LogP contribution in [0.25, 0.3) is 5.76 Å². The van der Waals surface area contributed by atoms with Gasteiger partial charge in [0, 0.05) is 24.5 Å². The number of benzene rings is 2. The maximum Gasteiger partial charge on any atom is 0.295 e. The van der Waals surface area contributed by atoms with Gasteiger partial charge in [0.2, 0.25) is 0 Å². The molecule has 2 aromatic carbocycles. The van der Waals surface area contributed by atoms with E-state index in [0.29, 0.717) is 16.9 Å². The van der Waals surface area contributed by atoms with E-state index >= 15 is 0 Å². The Morgan fingerprint density at radius 2 is 1.81 bits per heavy atom. The first kappa shape index (κ1) is 20.3. The Bertz CT molecular complexity index is 1160. The Morgan fingerprint density at radius 3 is 2.48 bits per heavy atom. The van der Waals surface area contributed by atoms with Gasteiger partial charge in [0.05, 0.1) is 18.7 Å². The van der Waals surface area contributed by atoms with Gasteiger partial charge in [-0.2, -0.15) is 0 Å². The molecule has 0 radical (unpaired) electrons. The lowest BCUT2D eigenvalue weighted by atomic mass is 9.95. The molecule has 1 fully saturated rings. The lowest BCUT2D eigenvalue weighted by Gasteiger charge is -2.25. The summed E-state index contributed by atoms with van der Waals surface area (Å²) in [4.78, 5) is 31.3. The number of aromatic nitrogens is 1. The number of halogens is 1. The molecular formula is C24H19FN2O4. The molecule has 1 amide bonds. The summed E-state index contributed by atoms with van der Waals surface area (Å²) < 4.78 is 18.7. The van der Waals surface area contributed by atoms with E-state index in [1.807, 2.05) is 0 Å². The number of carbonyl (C=O) groups is 2. The molecule has 7 heteroatoms. The second-order valence-corrected chi connectivity index (χ2v) is 7.07. The molecule has 6 nitrogen and oxygen atoms in total. The number of amides is 1. The van der Waals surface area contributed by atoms with Crippen LogP contribution < -0.4 is 4.74 Å². The topological polar surface area (TPSA) is 79.7 Å². The van der Waals surface area contributed by atoms with Crippen LogP contribution in [0, 0.1) is 5.82 Å². The molecule has 0 bridgehead atoms. The van der Waals surface area contributed by atoms with Gasteiger partial charge in [0.25, 0.3) is 11.7 Å². The van der Waals surface area contributed by atoms with Gasteiger partial charge in [-0.3, -0.25) is 14.6 Å². The number of likely N-dealkylation sites (tertiary alicyclic amines) is 1. The fourth-order valence-corrected chi connectivity index (χ4v) is 3.65. The Morgan fingerprint density at radius 1 is 1.10 bits per heavy atom. The van der Waals surface area contributed by atoms with Crippen LogP contribution in [0.3, 0.4) is 0 Å². The number of hydrogen-bond acceptors (Lipinski definition) is 5. The van der Waals surface area contributed by atoms with E-state index in [1.54, 1.807) is 48.8 Å². The Balaban J connectivity index is 1.86. The zero-order valence-corrected chi connectivity index (χ0v) is 16.7. The zero-order chi connectivity index (χ0) is 22.0. The third kappa shape index (κ3) is 3.90. The highest BCUT2D eigenvalue weighted by Crippen LogP contribution is 2.40. The summed E-state index contributed by atoms with van der Waals surface area (Å²) in [7, 11) is 1.49. The predicted octanol–water partition coefficient (Wildman–Crippen LogP) is 3.85. The number of aliphatic hydroxyl groups excluding tert-OH is 1. The van der Waals surface area contributed by atoms with Crippen LogP contribution in [0.15, 0.2) is 78.6 Å². The number of rotatable bonds is 5. The van der Waals surface area contributed by atoms with Crippen LogP contribution >= 0.6 is 0 Å². The third-order valence-corrected chi connectivity index (χ3v) is 5.17. The Labute approximate surface area is 178 Å². The predicted molar refractivity (Wildman–Crippen MR) is 111 cm³/mol. The molecule has 1 saturated heterocycles. The minimum Gasteiger partial charge on any atom is -0.507 e. The normalized spacial score (nSPS) is 17.7. The number of methoxy groups -OCH3 is 1. The first-order valence-corrected chi connectivity index (χ1v) is 9.57. The molecule has 0 saturated carbocycles. The second kappa shape index (κ2) is 8.39. The summed E-state index contributed by atoms with van der Waals surface area (Å²) in [6.07, 6.45) is 3.18.